The lowest BCUT2D eigenvalue weighted by molar-refractivity contribution is 0.611. The molecular weight excluding hydrogens is 224 g/mol. The van der Waals surface area contributed by atoms with Crippen LogP contribution in [0.3, 0.4) is 0 Å². The second-order valence-electron chi connectivity index (χ2n) is 4.54. The fraction of sp³-hybridized carbons (Fsp3) is 0.286. The summed E-state index contributed by atoms with van der Waals surface area (Å²) in [5.41, 5.74) is 8.50. The second kappa shape index (κ2) is 5.25. The maximum Gasteiger partial charge on any atom is 0.0902 e. The Hall–Kier alpha value is -1.78. The van der Waals surface area contributed by atoms with Crippen molar-refractivity contribution >= 4 is 0 Å². The summed E-state index contributed by atoms with van der Waals surface area (Å²) >= 11 is 0. The first-order valence-electron chi connectivity index (χ1n) is 5.93. The number of nitrogens with zero attached hydrogens (tertiary/aromatic N) is 2. The molecule has 0 spiro atoms. The highest BCUT2D eigenvalue weighted by molar-refractivity contribution is 5.42. The monoisotopic (exact) mass is 242 g/mol. The summed E-state index contributed by atoms with van der Waals surface area (Å²) in [4.78, 5) is 8.42. The minimum absolute atomic E-state index is 0.126. The molecular formula is C14H18N4. The molecule has 0 aliphatic rings. The van der Waals surface area contributed by atoms with Crippen molar-refractivity contribution in [2.45, 2.75) is 26.8 Å². The lowest BCUT2D eigenvalue weighted by Gasteiger charge is -2.20. The minimum Gasteiger partial charge on any atom is -0.271 e. The summed E-state index contributed by atoms with van der Waals surface area (Å²) in [6, 6.07) is 4.19. The van der Waals surface area contributed by atoms with Gasteiger partial charge in [-0.15, -0.1) is 0 Å². The van der Waals surface area contributed by atoms with E-state index in [2.05, 4.69) is 48.3 Å². The lowest BCUT2D eigenvalue weighted by atomic mass is 9.93. The molecule has 0 saturated carbocycles. The molecule has 18 heavy (non-hydrogen) atoms. The summed E-state index contributed by atoms with van der Waals surface area (Å²) in [5, 5.41) is 0. The Bertz CT molecular complexity index is 514. The third kappa shape index (κ3) is 2.39. The highest BCUT2D eigenvalue weighted by Gasteiger charge is 2.18. The number of aryl methyl sites for hydroxylation is 3. The van der Waals surface area contributed by atoms with Crippen LogP contribution in [0.2, 0.25) is 0 Å². The number of rotatable bonds is 3. The van der Waals surface area contributed by atoms with E-state index in [1.807, 2.05) is 0 Å². The first-order valence-corrected chi connectivity index (χ1v) is 5.93. The van der Waals surface area contributed by atoms with E-state index in [0.717, 1.165) is 5.69 Å². The number of hydrazine groups is 1. The van der Waals surface area contributed by atoms with Gasteiger partial charge in [0.1, 0.15) is 0 Å². The van der Waals surface area contributed by atoms with E-state index in [-0.39, 0.29) is 6.04 Å². The molecule has 3 N–H and O–H groups in total. The molecule has 94 valence electrons. The maximum absolute atomic E-state index is 5.69. The van der Waals surface area contributed by atoms with Gasteiger partial charge >= 0.3 is 0 Å². The first-order chi connectivity index (χ1) is 8.63. The van der Waals surface area contributed by atoms with Gasteiger partial charge in [-0.25, -0.2) is 5.43 Å². The van der Waals surface area contributed by atoms with Gasteiger partial charge in [0.05, 0.1) is 17.9 Å². The van der Waals surface area contributed by atoms with Crippen LogP contribution in [0.5, 0.6) is 0 Å². The van der Waals surface area contributed by atoms with Crippen molar-refractivity contribution in [2.75, 3.05) is 0 Å². The third-order valence-corrected chi connectivity index (χ3v) is 3.07. The molecule has 0 aliphatic carbocycles. The number of nitrogens with one attached hydrogen (secondary N) is 1. The van der Waals surface area contributed by atoms with Crippen LogP contribution < -0.4 is 11.3 Å². The second-order valence-corrected chi connectivity index (χ2v) is 4.54. The van der Waals surface area contributed by atoms with Crippen LogP contribution in [0.4, 0.5) is 0 Å². The minimum atomic E-state index is -0.126. The highest BCUT2D eigenvalue weighted by Crippen LogP contribution is 2.26. The SMILES string of the molecule is Cc1cc(C)c(C(NN)c2cnccn2)c(C)c1. The molecule has 1 unspecified atom stereocenters. The zero-order valence-corrected chi connectivity index (χ0v) is 10.9. The van der Waals surface area contributed by atoms with E-state index in [0.29, 0.717) is 0 Å². The van der Waals surface area contributed by atoms with Crippen molar-refractivity contribution in [2.24, 2.45) is 5.84 Å². The maximum atomic E-state index is 5.69. The number of hydrogen-bond acceptors (Lipinski definition) is 4. The normalized spacial score (nSPS) is 12.4. The third-order valence-electron chi connectivity index (χ3n) is 3.07. The molecule has 2 rings (SSSR count). The average Bonchev–Trinajstić information content (AvgIpc) is 2.34. The van der Waals surface area contributed by atoms with Crippen LogP contribution in [0.25, 0.3) is 0 Å². The molecule has 1 aromatic heterocycles. The van der Waals surface area contributed by atoms with E-state index in [1.54, 1.807) is 18.6 Å². The Morgan fingerprint density at radius 2 is 1.78 bits per heavy atom. The Labute approximate surface area is 107 Å². The van der Waals surface area contributed by atoms with Crippen LogP contribution in [0.1, 0.15) is 34.0 Å². The van der Waals surface area contributed by atoms with Gasteiger partial charge in [-0.2, -0.15) is 0 Å². The molecule has 0 fully saturated rings. The van der Waals surface area contributed by atoms with E-state index >= 15 is 0 Å². The van der Waals surface area contributed by atoms with Gasteiger partial charge in [0.2, 0.25) is 0 Å². The topological polar surface area (TPSA) is 63.8 Å². The zero-order chi connectivity index (χ0) is 13.1. The lowest BCUT2D eigenvalue weighted by Crippen LogP contribution is -2.30. The summed E-state index contributed by atoms with van der Waals surface area (Å²) in [7, 11) is 0. The summed E-state index contributed by atoms with van der Waals surface area (Å²) in [6.45, 7) is 6.28. The van der Waals surface area contributed by atoms with Gasteiger partial charge in [-0.3, -0.25) is 15.8 Å². The van der Waals surface area contributed by atoms with Crippen molar-refractivity contribution < 1.29 is 0 Å². The predicted octanol–water partition coefficient (Wildman–Crippen LogP) is 1.95. The van der Waals surface area contributed by atoms with E-state index in [9.17, 15) is 0 Å². The van der Waals surface area contributed by atoms with Gasteiger partial charge in [-0.05, 0) is 37.5 Å². The number of benzene rings is 1. The van der Waals surface area contributed by atoms with Crippen LogP contribution >= 0.6 is 0 Å². The number of hydrogen-bond donors (Lipinski definition) is 2. The number of aromatic nitrogens is 2. The largest absolute Gasteiger partial charge is 0.271 e. The fourth-order valence-corrected chi connectivity index (χ4v) is 2.42. The van der Waals surface area contributed by atoms with Crippen molar-refractivity contribution in [3.05, 3.63) is 58.7 Å². The van der Waals surface area contributed by atoms with Crippen molar-refractivity contribution in [1.29, 1.82) is 0 Å². The smallest absolute Gasteiger partial charge is 0.0902 e. The van der Waals surface area contributed by atoms with Gasteiger partial charge < -0.3 is 0 Å². The predicted molar refractivity (Wildman–Crippen MR) is 71.9 cm³/mol. The molecule has 1 aromatic carbocycles. The van der Waals surface area contributed by atoms with Crippen molar-refractivity contribution in [3.8, 4) is 0 Å². The Kier molecular flexibility index (Phi) is 3.69. The van der Waals surface area contributed by atoms with Crippen molar-refractivity contribution in [3.63, 3.8) is 0 Å². The molecule has 0 radical (unpaired) electrons. The van der Waals surface area contributed by atoms with Gasteiger partial charge in [-0.1, -0.05) is 17.7 Å². The molecule has 0 saturated heterocycles. The Balaban J connectivity index is 2.52. The summed E-state index contributed by atoms with van der Waals surface area (Å²) < 4.78 is 0. The van der Waals surface area contributed by atoms with E-state index < -0.39 is 0 Å². The molecule has 4 heteroatoms. The molecule has 4 nitrogen and oxygen atoms in total. The first kappa shape index (κ1) is 12.7. The van der Waals surface area contributed by atoms with E-state index in [4.69, 9.17) is 5.84 Å². The van der Waals surface area contributed by atoms with Crippen LogP contribution in [0.15, 0.2) is 30.7 Å². The Morgan fingerprint density at radius 1 is 1.11 bits per heavy atom. The van der Waals surface area contributed by atoms with Gasteiger partial charge in [0, 0.05) is 12.4 Å². The van der Waals surface area contributed by atoms with Gasteiger partial charge in [0.15, 0.2) is 0 Å². The zero-order valence-electron chi connectivity index (χ0n) is 10.9. The molecule has 0 bridgehead atoms. The molecule has 1 atom stereocenters. The van der Waals surface area contributed by atoms with Crippen LogP contribution in [-0.2, 0) is 0 Å². The Morgan fingerprint density at radius 3 is 2.28 bits per heavy atom. The van der Waals surface area contributed by atoms with Gasteiger partial charge in [0.25, 0.3) is 0 Å². The number of nitrogens with two attached hydrogens (primary N) is 1. The van der Waals surface area contributed by atoms with Crippen LogP contribution in [-0.4, -0.2) is 9.97 Å². The fourth-order valence-electron chi connectivity index (χ4n) is 2.42. The molecule has 1 heterocycles. The van der Waals surface area contributed by atoms with Crippen molar-refractivity contribution in [1.82, 2.24) is 15.4 Å². The van der Waals surface area contributed by atoms with Crippen LogP contribution in [0, 0.1) is 20.8 Å². The molecule has 0 aliphatic heterocycles. The summed E-state index contributed by atoms with van der Waals surface area (Å²) in [6.07, 6.45) is 5.08. The molecule has 0 amide bonds. The average molecular weight is 242 g/mol. The molecule has 2 aromatic rings. The highest BCUT2D eigenvalue weighted by atomic mass is 15.2. The van der Waals surface area contributed by atoms with E-state index in [1.165, 1.54) is 22.3 Å². The quantitative estimate of drug-likeness (QED) is 0.638. The standard InChI is InChI=1S/C14H18N4/c1-9-6-10(2)13(11(3)7-9)14(18-15)12-8-16-4-5-17-12/h4-8,14,18H,15H2,1-3H3. The summed E-state index contributed by atoms with van der Waals surface area (Å²) in [5.74, 6) is 5.69.